The molecule has 15 heavy (non-hydrogen) atoms. The summed E-state index contributed by atoms with van der Waals surface area (Å²) in [4.78, 5) is 11.3. The molecule has 5 nitrogen and oxygen atoms in total. The van der Waals surface area contributed by atoms with Crippen molar-refractivity contribution in [3.8, 4) is 0 Å². The predicted molar refractivity (Wildman–Crippen MR) is 58.2 cm³/mol. The van der Waals surface area contributed by atoms with Gasteiger partial charge >= 0.3 is 0 Å². The van der Waals surface area contributed by atoms with E-state index in [4.69, 9.17) is 0 Å². The standard InChI is InChI=1S/C10H18N4O/c1-11-6-3-4-10(15)12-8-9-5-7-14(2)13-9/h5,7,11H,3-4,6,8H2,1-2H3,(H,12,15). The third-order valence-corrected chi connectivity index (χ3v) is 2.07. The Morgan fingerprint density at radius 1 is 1.60 bits per heavy atom. The van der Waals surface area contributed by atoms with Crippen molar-refractivity contribution in [1.29, 1.82) is 0 Å². The molecule has 5 heteroatoms. The molecule has 1 aromatic heterocycles. The molecule has 0 atom stereocenters. The molecule has 0 spiro atoms. The van der Waals surface area contributed by atoms with Crippen molar-refractivity contribution < 1.29 is 4.79 Å². The summed E-state index contributed by atoms with van der Waals surface area (Å²) in [5, 5.41) is 10.0. The van der Waals surface area contributed by atoms with E-state index in [0.717, 1.165) is 18.7 Å². The van der Waals surface area contributed by atoms with Crippen molar-refractivity contribution >= 4 is 5.91 Å². The number of nitrogens with zero attached hydrogens (tertiary/aromatic N) is 2. The molecule has 1 aromatic rings. The highest BCUT2D eigenvalue weighted by molar-refractivity contribution is 5.75. The van der Waals surface area contributed by atoms with E-state index in [1.54, 1.807) is 4.68 Å². The molecule has 0 unspecified atom stereocenters. The molecule has 0 saturated heterocycles. The summed E-state index contributed by atoms with van der Waals surface area (Å²) in [7, 11) is 3.74. The van der Waals surface area contributed by atoms with Crippen molar-refractivity contribution in [3.05, 3.63) is 18.0 Å². The maximum Gasteiger partial charge on any atom is 0.220 e. The van der Waals surface area contributed by atoms with Crippen molar-refractivity contribution in [2.75, 3.05) is 13.6 Å². The van der Waals surface area contributed by atoms with Crippen LogP contribution in [0.2, 0.25) is 0 Å². The van der Waals surface area contributed by atoms with Crippen LogP contribution < -0.4 is 10.6 Å². The second kappa shape index (κ2) is 6.19. The van der Waals surface area contributed by atoms with Crippen molar-refractivity contribution in [1.82, 2.24) is 20.4 Å². The smallest absolute Gasteiger partial charge is 0.220 e. The van der Waals surface area contributed by atoms with Crippen LogP contribution in [0, 0.1) is 0 Å². The average molecular weight is 210 g/mol. The molecule has 84 valence electrons. The minimum Gasteiger partial charge on any atom is -0.350 e. The topological polar surface area (TPSA) is 59.0 Å². The first-order valence-corrected chi connectivity index (χ1v) is 5.12. The molecule has 2 N–H and O–H groups in total. The zero-order valence-corrected chi connectivity index (χ0v) is 9.29. The van der Waals surface area contributed by atoms with E-state index in [1.165, 1.54) is 0 Å². The van der Waals surface area contributed by atoms with E-state index in [9.17, 15) is 4.79 Å². The van der Waals surface area contributed by atoms with E-state index >= 15 is 0 Å². The summed E-state index contributed by atoms with van der Waals surface area (Å²) >= 11 is 0. The molecular formula is C10H18N4O. The monoisotopic (exact) mass is 210 g/mol. The maximum absolute atomic E-state index is 11.3. The van der Waals surface area contributed by atoms with E-state index in [0.29, 0.717) is 13.0 Å². The van der Waals surface area contributed by atoms with Crippen molar-refractivity contribution in [2.45, 2.75) is 19.4 Å². The fourth-order valence-electron chi connectivity index (χ4n) is 1.26. The van der Waals surface area contributed by atoms with Crippen LogP contribution in [0.5, 0.6) is 0 Å². The summed E-state index contributed by atoms with van der Waals surface area (Å²) < 4.78 is 1.72. The molecule has 0 aliphatic heterocycles. The number of hydrogen-bond donors (Lipinski definition) is 2. The first-order chi connectivity index (χ1) is 7.22. The number of nitrogens with one attached hydrogen (secondary N) is 2. The zero-order valence-electron chi connectivity index (χ0n) is 9.29. The Hall–Kier alpha value is -1.36. The molecule has 1 rings (SSSR count). The Balaban J connectivity index is 2.16. The van der Waals surface area contributed by atoms with Gasteiger partial charge in [-0.2, -0.15) is 5.10 Å². The molecule has 0 saturated carbocycles. The third-order valence-electron chi connectivity index (χ3n) is 2.07. The molecule has 0 aromatic carbocycles. The Kier molecular flexibility index (Phi) is 4.83. The summed E-state index contributed by atoms with van der Waals surface area (Å²) in [6, 6.07) is 1.90. The molecule has 0 aliphatic rings. The van der Waals surface area contributed by atoms with Gasteiger partial charge in [0.05, 0.1) is 12.2 Å². The fourth-order valence-corrected chi connectivity index (χ4v) is 1.26. The van der Waals surface area contributed by atoms with Crippen LogP contribution in [0.3, 0.4) is 0 Å². The van der Waals surface area contributed by atoms with Crippen molar-refractivity contribution in [2.24, 2.45) is 7.05 Å². The van der Waals surface area contributed by atoms with Gasteiger partial charge in [-0.3, -0.25) is 9.48 Å². The highest BCUT2D eigenvalue weighted by Crippen LogP contribution is 1.94. The normalized spacial score (nSPS) is 10.3. The molecule has 0 radical (unpaired) electrons. The lowest BCUT2D eigenvalue weighted by atomic mass is 10.3. The van der Waals surface area contributed by atoms with Crippen LogP contribution in [-0.4, -0.2) is 29.3 Å². The zero-order chi connectivity index (χ0) is 11.1. The molecule has 1 amide bonds. The van der Waals surface area contributed by atoms with E-state index in [1.807, 2.05) is 26.4 Å². The Morgan fingerprint density at radius 3 is 3.00 bits per heavy atom. The fraction of sp³-hybridized carbons (Fsp3) is 0.600. The van der Waals surface area contributed by atoms with Gasteiger partial charge in [0.25, 0.3) is 0 Å². The average Bonchev–Trinajstić information content (AvgIpc) is 2.62. The molecule has 0 aliphatic carbocycles. The number of carbonyl (C=O) groups excluding carboxylic acids is 1. The maximum atomic E-state index is 11.3. The molecule has 0 bridgehead atoms. The van der Waals surface area contributed by atoms with E-state index < -0.39 is 0 Å². The van der Waals surface area contributed by atoms with Gasteiger partial charge in [0.15, 0.2) is 0 Å². The van der Waals surface area contributed by atoms with Gasteiger partial charge in [0.1, 0.15) is 0 Å². The van der Waals surface area contributed by atoms with Gasteiger partial charge in [-0.15, -0.1) is 0 Å². The first-order valence-electron chi connectivity index (χ1n) is 5.12. The van der Waals surface area contributed by atoms with E-state index in [-0.39, 0.29) is 5.91 Å². The minimum atomic E-state index is 0.0795. The Labute approximate surface area is 89.9 Å². The van der Waals surface area contributed by atoms with Gasteiger partial charge < -0.3 is 10.6 Å². The lowest BCUT2D eigenvalue weighted by Crippen LogP contribution is -2.23. The summed E-state index contributed by atoms with van der Waals surface area (Å²) in [5.41, 5.74) is 0.888. The van der Waals surface area contributed by atoms with Crippen LogP contribution in [0.4, 0.5) is 0 Å². The molecule has 0 fully saturated rings. The number of amides is 1. The van der Waals surface area contributed by atoms with Gasteiger partial charge in [-0.05, 0) is 26.1 Å². The van der Waals surface area contributed by atoms with Gasteiger partial charge in [0, 0.05) is 19.7 Å². The number of carbonyl (C=O) groups is 1. The van der Waals surface area contributed by atoms with E-state index in [2.05, 4.69) is 15.7 Å². The van der Waals surface area contributed by atoms with Gasteiger partial charge in [-0.1, -0.05) is 0 Å². The van der Waals surface area contributed by atoms with Crippen LogP contribution in [0.1, 0.15) is 18.5 Å². The highest BCUT2D eigenvalue weighted by atomic mass is 16.1. The number of aromatic nitrogens is 2. The lowest BCUT2D eigenvalue weighted by Gasteiger charge is -2.02. The van der Waals surface area contributed by atoms with Gasteiger partial charge in [0.2, 0.25) is 5.91 Å². The molecule has 1 heterocycles. The van der Waals surface area contributed by atoms with Crippen molar-refractivity contribution in [3.63, 3.8) is 0 Å². The van der Waals surface area contributed by atoms with Crippen LogP contribution >= 0.6 is 0 Å². The quantitative estimate of drug-likeness (QED) is 0.652. The second-order valence-electron chi connectivity index (χ2n) is 3.46. The van der Waals surface area contributed by atoms with Crippen LogP contribution in [0.15, 0.2) is 12.3 Å². The van der Waals surface area contributed by atoms with Crippen LogP contribution in [0.25, 0.3) is 0 Å². The lowest BCUT2D eigenvalue weighted by molar-refractivity contribution is -0.121. The number of aryl methyl sites for hydroxylation is 1. The summed E-state index contributed by atoms with van der Waals surface area (Å²) in [6.07, 6.45) is 3.29. The minimum absolute atomic E-state index is 0.0795. The largest absolute Gasteiger partial charge is 0.350 e. The summed E-state index contributed by atoms with van der Waals surface area (Å²) in [5.74, 6) is 0.0795. The molecular weight excluding hydrogens is 192 g/mol. The third kappa shape index (κ3) is 4.60. The predicted octanol–water partition coefficient (Wildman–Crippen LogP) is 0.0359. The Morgan fingerprint density at radius 2 is 2.40 bits per heavy atom. The number of rotatable bonds is 6. The first kappa shape index (κ1) is 11.7. The van der Waals surface area contributed by atoms with Gasteiger partial charge in [-0.25, -0.2) is 0 Å². The SMILES string of the molecule is CNCCCC(=O)NCc1ccn(C)n1. The summed E-state index contributed by atoms with van der Waals surface area (Å²) in [6.45, 7) is 1.39. The second-order valence-corrected chi connectivity index (χ2v) is 3.46. The Bertz CT molecular complexity index is 308. The number of hydrogen-bond acceptors (Lipinski definition) is 3. The van der Waals surface area contributed by atoms with Crippen LogP contribution in [-0.2, 0) is 18.4 Å². The highest BCUT2D eigenvalue weighted by Gasteiger charge is 2.01.